The molecule has 1 aromatic carbocycles. The van der Waals surface area contributed by atoms with Gasteiger partial charge in [0.15, 0.2) is 6.33 Å². The van der Waals surface area contributed by atoms with Crippen molar-refractivity contribution in [2.45, 2.75) is 38.5 Å². The number of carbonyl (C=O) groups excluding carboxylic acids is 1. The largest absolute Gasteiger partial charge is 0.491 e. The van der Waals surface area contributed by atoms with Gasteiger partial charge in [-0.3, -0.25) is 0 Å². The summed E-state index contributed by atoms with van der Waals surface area (Å²) in [7, 11) is 0. The predicted molar refractivity (Wildman–Crippen MR) is 116 cm³/mol. The van der Waals surface area contributed by atoms with E-state index in [1.54, 1.807) is 17.0 Å². The number of urea groups is 1. The number of amides is 2. The van der Waals surface area contributed by atoms with Crippen LogP contribution in [0.1, 0.15) is 24.1 Å². The molecule has 2 amide bonds. The number of tetrazole rings is 1. The molecule has 11 nitrogen and oxygen atoms in total. The van der Waals surface area contributed by atoms with Crippen LogP contribution in [0.2, 0.25) is 10.0 Å². The molecule has 3 heterocycles. The van der Waals surface area contributed by atoms with Gasteiger partial charge in [-0.25, -0.2) is 14.8 Å². The summed E-state index contributed by atoms with van der Waals surface area (Å²) in [6, 6.07) is 3.40. The Morgan fingerprint density at radius 1 is 1.25 bits per heavy atom. The maximum Gasteiger partial charge on any atom is 0.318 e. The first kappa shape index (κ1) is 20.7. The lowest BCUT2D eigenvalue weighted by atomic mass is 10.0. The summed E-state index contributed by atoms with van der Waals surface area (Å²) < 4.78 is 5.97. The molecule has 2 aromatic heterocycles. The highest BCUT2D eigenvalue weighted by Gasteiger charge is 2.33. The van der Waals surface area contributed by atoms with Gasteiger partial charge in [0.2, 0.25) is 5.95 Å². The maximum absolute atomic E-state index is 12.6. The summed E-state index contributed by atoms with van der Waals surface area (Å²) in [5.41, 5.74) is 8.51. The number of nitrogens with one attached hydrogen (secondary N) is 1. The molecule has 0 unspecified atom stereocenters. The number of fused-ring (bicyclic) bond motifs is 1. The molecule has 1 aliphatic carbocycles. The fourth-order valence-corrected chi connectivity index (χ4v) is 4.10. The Labute approximate surface area is 192 Å². The molecule has 0 spiro atoms. The van der Waals surface area contributed by atoms with Crippen molar-refractivity contribution in [2.24, 2.45) is 0 Å². The molecule has 1 saturated carbocycles. The first-order valence-corrected chi connectivity index (χ1v) is 10.8. The molecule has 3 aromatic rings. The van der Waals surface area contributed by atoms with E-state index in [0.29, 0.717) is 52.4 Å². The van der Waals surface area contributed by atoms with E-state index in [0.717, 1.165) is 18.4 Å². The van der Waals surface area contributed by atoms with Gasteiger partial charge in [-0.05, 0) is 30.2 Å². The molecule has 2 aliphatic rings. The summed E-state index contributed by atoms with van der Waals surface area (Å²) in [5, 5.41) is 15.2. The average molecular weight is 476 g/mol. The monoisotopic (exact) mass is 475 g/mol. The van der Waals surface area contributed by atoms with Crippen LogP contribution in [0.15, 0.2) is 18.5 Å². The van der Waals surface area contributed by atoms with Gasteiger partial charge in [0.1, 0.15) is 12.4 Å². The SMILES string of the molecule is Nc1nc2c(c(-c3c(Cl)cc(Cl)cc3OCCn3ncnn3)n1)CN(C(=O)NC1CC1)C2. The van der Waals surface area contributed by atoms with Crippen LogP contribution in [-0.2, 0) is 19.6 Å². The van der Waals surface area contributed by atoms with Crippen LogP contribution >= 0.6 is 23.2 Å². The number of nitrogens with zero attached hydrogens (tertiary/aromatic N) is 7. The lowest BCUT2D eigenvalue weighted by molar-refractivity contribution is 0.197. The van der Waals surface area contributed by atoms with Crippen LogP contribution in [-0.4, -0.2) is 53.8 Å². The van der Waals surface area contributed by atoms with Crippen molar-refractivity contribution in [3.63, 3.8) is 0 Å². The fourth-order valence-electron chi connectivity index (χ4n) is 3.54. The molecule has 13 heteroatoms. The van der Waals surface area contributed by atoms with Crippen LogP contribution in [0.5, 0.6) is 5.75 Å². The van der Waals surface area contributed by atoms with Crippen LogP contribution in [0.25, 0.3) is 11.3 Å². The Bertz CT molecular complexity index is 1170. The van der Waals surface area contributed by atoms with Crippen molar-refractivity contribution in [3.8, 4) is 17.0 Å². The zero-order chi connectivity index (χ0) is 22.2. The van der Waals surface area contributed by atoms with Gasteiger partial charge in [0.25, 0.3) is 0 Å². The number of hydrogen-bond donors (Lipinski definition) is 2. The van der Waals surface area contributed by atoms with Gasteiger partial charge >= 0.3 is 6.03 Å². The van der Waals surface area contributed by atoms with Gasteiger partial charge in [-0.1, -0.05) is 23.2 Å². The van der Waals surface area contributed by atoms with Gasteiger partial charge in [-0.15, -0.1) is 10.2 Å². The first-order valence-electron chi connectivity index (χ1n) is 10.0. The lowest BCUT2D eigenvalue weighted by Gasteiger charge is -2.17. The second kappa shape index (κ2) is 8.40. The zero-order valence-corrected chi connectivity index (χ0v) is 18.3. The van der Waals surface area contributed by atoms with Crippen molar-refractivity contribution in [1.29, 1.82) is 0 Å². The fraction of sp³-hybridized carbons (Fsp3) is 0.368. The van der Waals surface area contributed by atoms with Gasteiger partial charge in [0, 0.05) is 16.6 Å². The summed E-state index contributed by atoms with van der Waals surface area (Å²) in [6.07, 6.45) is 3.37. The van der Waals surface area contributed by atoms with Crippen LogP contribution in [0.3, 0.4) is 0 Å². The molecule has 5 rings (SSSR count). The summed E-state index contributed by atoms with van der Waals surface area (Å²) in [6.45, 7) is 1.30. The number of nitrogen functional groups attached to an aromatic ring is 1. The minimum absolute atomic E-state index is 0.0898. The predicted octanol–water partition coefficient (Wildman–Crippen LogP) is 2.29. The lowest BCUT2D eigenvalue weighted by Crippen LogP contribution is -2.37. The minimum Gasteiger partial charge on any atom is -0.491 e. The van der Waals surface area contributed by atoms with Crippen molar-refractivity contribution in [3.05, 3.63) is 39.8 Å². The van der Waals surface area contributed by atoms with Crippen molar-refractivity contribution in [2.75, 3.05) is 12.3 Å². The normalized spacial score (nSPS) is 15.0. The second-order valence-corrected chi connectivity index (χ2v) is 8.42. The third-order valence-corrected chi connectivity index (χ3v) is 5.70. The quantitative estimate of drug-likeness (QED) is 0.553. The number of benzene rings is 1. The summed E-state index contributed by atoms with van der Waals surface area (Å²) >= 11 is 12.8. The molecular formula is C19H19Cl2N9O2. The molecule has 3 N–H and O–H groups in total. The Morgan fingerprint density at radius 3 is 2.84 bits per heavy atom. The topological polar surface area (TPSA) is 137 Å². The smallest absolute Gasteiger partial charge is 0.318 e. The number of hydrogen-bond acceptors (Lipinski definition) is 8. The molecule has 32 heavy (non-hydrogen) atoms. The molecular weight excluding hydrogens is 457 g/mol. The number of carbonyl (C=O) groups is 1. The average Bonchev–Trinajstić information content (AvgIpc) is 3.22. The Balaban J connectivity index is 1.46. The van der Waals surface area contributed by atoms with E-state index in [-0.39, 0.29) is 24.6 Å². The highest BCUT2D eigenvalue weighted by Crippen LogP contribution is 2.42. The van der Waals surface area contributed by atoms with Crippen LogP contribution in [0, 0.1) is 0 Å². The van der Waals surface area contributed by atoms with Crippen molar-refractivity contribution in [1.82, 2.24) is 40.4 Å². The first-order chi connectivity index (χ1) is 15.5. The Kier molecular flexibility index (Phi) is 5.43. The van der Waals surface area contributed by atoms with Crippen LogP contribution in [0.4, 0.5) is 10.7 Å². The van der Waals surface area contributed by atoms with E-state index in [9.17, 15) is 4.79 Å². The van der Waals surface area contributed by atoms with Crippen molar-refractivity contribution >= 4 is 35.2 Å². The minimum atomic E-state index is -0.131. The van der Waals surface area contributed by atoms with Crippen molar-refractivity contribution < 1.29 is 9.53 Å². The molecule has 1 aliphatic heterocycles. The van der Waals surface area contributed by atoms with E-state index in [4.69, 9.17) is 33.7 Å². The van der Waals surface area contributed by atoms with E-state index in [1.807, 2.05) is 0 Å². The van der Waals surface area contributed by atoms with Gasteiger partial charge < -0.3 is 20.7 Å². The Morgan fingerprint density at radius 2 is 2.09 bits per heavy atom. The molecule has 1 fully saturated rings. The van der Waals surface area contributed by atoms with E-state index < -0.39 is 0 Å². The van der Waals surface area contributed by atoms with E-state index in [1.165, 1.54) is 11.1 Å². The molecule has 166 valence electrons. The van der Waals surface area contributed by atoms with E-state index >= 15 is 0 Å². The van der Waals surface area contributed by atoms with Crippen LogP contribution < -0.4 is 15.8 Å². The number of halogens is 2. The zero-order valence-electron chi connectivity index (χ0n) is 16.8. The third-order valence-electron chi connectivity index (χ3n) is 5.19. The maximum atomic E-state index is 12.6. The number of aromatic nitrogens is 6. The number of rotatable bonds is 6. The number of ether oxygens (including phenoxy) is 1. The number of anilines is 1. The van der Waals surface area contributed by atoms with E-state index in [2.05, 4.69) is 30.7 Å². The molecule has 0 radical (unpaired) electrons. The molecule has 0 atom stereocenters. The molecule has 0 saturated heterocycles. The highest BCUT2D eigenvalue weighted by molar-refractivity contribution is 6.37. The third kappa shape index (κ3) is 4.26. The standard InChI is InChI=1S/C19H19Cl2N9O2/c20-10-5-13(21)16(15(6-10)32-4-3-30-24-9-23-28-30)17-12-7-29(19(31)25-11-1-2-11)8-14(12)26-18(22)27-17/h5-6,9,11H,1-4,7-8H2,(H,25,31)(H2,22,26,27). The second-order valence-electron chi connectivity index (χ2n) is 7.58. The Hall–Kier alpha value is -3.18. The van der Waals surface area contributed by atoms with Gasteiger partial charge in [0.05, 0.1) is 41.6 Å². The number of nitrogens with two attached hydrogens (primary N) is 1. The summed E-state index contributed by atoms with van der Waals surface area (Å²) in [5.74, 6) is 0.524. The van der Waals surface area contributed by atoms with Gasteiger partial charge in [-0.2, -0.15) is 4.80 Å². The summed E-state index contributed by atoms with van der Waals surface area (Å²) in [4.78, 5) is 24.5. The molecule has 0 bridgehead atoms. The highest BCUT2D eigenvalue weighted by atomic mass is 35.5.